The number of nitrogens with zero attached hydrogens (tertiary/aromatic N) is 1. The highest BCUT2D eigenvalue weighted by atomic mass is 16.5. The molecule has 2 saturated heterocycles. The maximum atomic E-state index is 10.2. The molecule has 0 spiro atoms. The third kappa shape index (κ3) is 3.69. The third-order valence-corrected chi connectivity index (χ3v) is 4.77. The molecule has 2 aliphatic rings. The first-order valence-corrected chi connectivity index (χ1v) is 7.45. The van der Waals surface area contributed by atoms with Gasteiger partial charge in [-0.25, -0.2) is 0 Å². The molecular formula is C15H29NO2. The largest absolute Gasteiger partial charge is 0.391 e. The van der Waals surface area contributed by atoms with E-state index in [1.165, 1.54) is 12.8 Å². The van der Waals surface area contributed by atoms with Gasteiger partial charge in [0.2, 0.25) is 0 Å². The van der Waals surface area contributed by atoms with Gasteiger partial charge in [0.1, 0.15) is 0 Å². The summed E-state index contributed by atoms with van der Waals surface area (Å²) in [6, 6.07) is 0. The lowest BCUT2D eigenvalue weighted by molar-refractivity contribution is 0.0332. The smallest absolute Gasteiger partial charge is 0.0718 e. The summed E-state index contributed by atoms with van der Waals surface area (Å²) in [4.78, 5) is 2.44. The molecule has 0 aromatic carbocycles. The minimum absolute atomic E-state index is 0.196. The van der Waals surface area contributed by atoms with Crippen molar-refractivity contribution in [1.82, 2.24) is 4.90 Å². The number of β-amino-alcohol motifs (C(OH)–C–C–N with tert-alkyl or cyclic N) is 1. The molecule has 0 bridgehead atoms. The fourth-order valence-electron chi connectivity index (χ4n) is 3.25. The maximum Gasteiger partial charge on any atom is 0.0718 e. The van der Waals surface area contributed by atoms with E-state index < -0.39 is 0 Å². The van der Waals surface area contributed by atoms with Crippen molar-refractivity contribution in [3.63, 3.8) is 0 Å². The lowest BCUT2D eigenvalue weighted by atomic mass is 9.75. The van der Waals surface area contributed by atoms with Crippen LogP contribution in [-0.2, 0) is 4.74 Å². The van der Waals surface area contributed by atoms with Crippen molar-refractivity contribution < 1.29 is 9.84 Å². The molecule has 2 unspecified atom stereocenters. The van der Waals surface area contributed by atoms with Gasteiger partial charge in [0.05, 0.1) is 12.7 Å². The van der Waals surface area contributed by atoms with Crippen LogP contribution in [0.5, 0.6) is 0 Å². The van der Waals surface area contributed by atoms with E-state index in [1.807, 2.05) is 0 Å². The summed E-state index contributed by atoms with van der Waals surface area (Å²) < 4.78 is 5.35. The highest BCUT2D eigenvalue weighted by Crippen LogP contribution is 2.34. The SMILES string of the molecule is CC(C)(C)C1CCN(CC(O)C2CCOC2)CC1. The topological polar surface area (TPSA) is 32.7 Å². The van der Waals surface area contributed by atoms with E-state index in [1.54, 1.807) is 0 Å². The number of hydrogen-bond acceptors (Lipinski definition) is 3. The Kier molecular flexibility index (Phi) is 4.68. The Morgan fingerprint density at radius 1 is 1.22 bits per heavy atom. The zero-order chi connectivity index (χ0) is 13.2. The van der Waals surface area contributed by atoms with Crippen LogP contribution in [0, 0.1) is 17.3 Å². The molecule has 0 amide bonds. The Morgan fingerprint density at radius 3 is 2.39 bits per heavy atom. The highest BCUT2D eigenvalue weighted by molar-refractivity contribution is 4.83. The molecule has 0 aromatic rings. The molecule has 3 nitrogen and oxygen atoms in total. The third-order valence-electron chi connectivity index (χ3n) is 4.77. The minimum atomic E-state index is -0.196. The molecule has 18 heavy (non-hydrogen) atoms. The number of aliphatic hydroxyl groups excluding tert-OH is 1. The van der Waals surface area contributed by atoms with E-state index in [0.717, 1.165) is 45.2 Å². The van der Waals surface area contributed by atoms with E-state index in [0.29, 0.717) is 11.3 Å². The predicted octanol–water partition coefficient (Wildman–Crippen LogP) is 2.14. The second-order valence-corrected chi connectivity index (χ2v) is 7.13. The van der Waals surface area contributed by atoms with Gasteiger partial charge < -0.3 is 14.7 Å². The van der Waals surface area contributed by atoms with Crippen molar-refractivity contribution >= 4 is 0 Å². The first kappa shape index (κ1) is 14.3. The molecule has 2 atom stereocenters. The first-order valence-electron chi connectivity index (χ1n) is 7.45. The molecule has 3 heteroatoms. The summed E-state index contributed by atoms with van der Waals surface area (Å²) in [5.41, 5.74) is 0.435. The van der Waals surface area contributed by atoms with Gasteiger partial charge in [0.15, 0.2) is 0 Å². The Hall–Kier alpha value is -0.120. The fourth-order valence-corrected chi connectivity index (χ4v) is 3.25. The Morgan fingerprint density at radius 2 is 1.89 bits per heavy atom. The van der Waals surface area contributed by atoms with Crippen LogP contribution >= 0.6 is 0 Å². The van der Waals surface area contributed by atoms with Crippen LogP contribution in [0.3, 0.4) is 0 Å². The molecule has 0 aromatic heterocycles. The normalized spacial score (nSPS) is 29.7. The number of likely N-dealkylation sites (tertiary alicyclic amines) is 1. The van der Waals surface area contributed by atoms with Crippen LogP contribution in [0.2, 0.25) is 0 Å². The molecule has 0 radical (unpaired) electrons. The van der Waals surface area contributed by atoms with Gasteiger partial charge in [-0.15, -0.1) is 0 Å². The Balaban J connectivity index is 1.73. The van der Waals surface area contributed by atoms with Crippen molar-refractivity contribution in [2.24, 2.45) is 17.3 Å². The quantitative estimate of drug-likeness (QED) is 0.838. The van der Waals surface area contributed by atoms with E-state index in [4.69, 9.17) is 4.74 Å². The summed E-state index contributed by atoms with van der Waals surface area (Å²) in [5, 5.41) is 10.2. The van der Waals surface area contributed by atoms with Crippen LogP contribution in [0.15, 0.2) is 0 Å². The van der Waals surface area contributed by atoms with Gasteiger partial charge in [-0.05, 0) is 43.7 Å². The van der Waals surface area contributed by atoms with Crippen molar-refractivity contribution in [3.8, 4) is 0 Å². The Labute approximate surface area is 112 Å². The van der Waals surface area contributed by atoms with E-state index in [9.17, 15) is 5.11 Å². The van der Waals surface area contributed by atoms with E-state index in [2.05, 4.69) is 25.7 Å². The number of hydrogen-bond donors (Lipinski definition) is 1. The predicted molar refractivity (Wildman–Crippen MR) is 73.6 cm³/mol. The van der Waals surface area contributed by atoms with Crippen LogP contribution in [0.1, 0.15) is 40.0 Å². The van der Waals surface area contributed by atoms with Crippen LogP contribution in [0.4, 0.5) is 0 Å². The molecule has 0 saturated carbocycles. The number of ether oxygens (including phenoxy) is 1. The molecule has 106 valence electrons. The second-order valence-electron chi connectivity index (χ2n) is 7.13. The molecular weight excluding hydrogens is 226 g/mol. The molecule has 2 aliphatic heterocycles. The summed E-state index contributed by atoms with van der Waals surface area (Å²) >= 11 is 0. The van der Waals surface area contributed by atoms with Crippen LogP contribution in [0.25, 0.3) is 0 Å². The zero-order valence-corrected chi connectivity index (χ0v) is 12.2. The van der Waals surface area contributed by atoms with Gasteiger partial charge in [-0.1, -0.05) is 20.8 Å². The van der Waals surface area contributed by atoms with Crippen molar-refractivity contribution in [2.45, 2.75) is 46.1 Å². The highest BCUT2D eigenvalue weighted by Gasteiger charge is 2.31. The number of piperidine rings is 1. The van der Waals surface area contributed by atoms with Crippen molar-refractivity contribution in [2.75, 3.05) is 32.8 Å². The molecule has 2 heterocycles. The summed E-state index contributed by atoms with van der Waals surface area (Å²) in [6.07, 6.45) is 3.38. The standard InChI is InChI=1S/C15H29NO2/c1-15(2,3)13-4-7-16(8-5-13)10-14(17)12-6-9-18-11-12/h12-14,17H,4-11H2,1-3H3. The summed E-state index contributed by atoms with van der Waals surface area (Å²) in [6.45, 7) is 11.7. The molecule has 2 fully saturated rings. The average molecular weight is 255 g/mol. The van der Waals surface area contributed by atoms with Gasteiger partial charge in [-0.2, -0.15) is 0 Å². The maximum absolute atomic E-state index is 10.2. The molecule has 0 aliphatic carbocycles. The average Bonchev–Trinajstić information content (AvgIpc) is 2.82. The van der Waals surface area contributed by atoms with Crippen molar-refractivity contribution in [1.29, 1.82) is 0 Å². The van der Waals surface area contributed by atoms with Gasteiger partial charge in [0, 0.05) is 19.1 Å². The summed E-state index contributed by atoms with van der Waals surface area (Å²) in [7, 11) is 0. The minimum Gasteiger partial charge on any atom is -0.391 e. The zero-order valence-electron chi connectivity index (χ0n) is 12.2. The summed E-state index contributed by atoms with van der Waals surface area (Å²) in [5.74, 6) is 1.20. The van der Waals surface area contributed by atoms with Gasteiger partial charge in [0.25, 0.3) is 0 Å². The van der Waals surface area contributed by atoms with Crippen LogP contribution in [-0.4, -0.2) is 49.0 Å². The first-order chi connectivity index (χ1) is 8.47. The monoisotopic (exact) mass is 255 g/mol. The van der Waals surface area contributed by atoms with E-state index >= 15 is 0 Å². The van der Waals surface area contributed by atoms with Gasteiger partial charge >= 0.3 is 0 Å². The second kappa shape index (κ2) is 5.89. The lowest BCUT2D eigenvalue weighted by Gasteiger charge is -2.39. The Bertz CT molecular complexity index is 248. The molecule has 1 N–H and O–H groups in total. The van der Waals surface area contributed by atoms with Crippen LogP contribution < -0.4 is 0 Å². The fraction of sp³-hybridized carbons (Fsp3) is 1.00. The molecule has 2 rings (SSSR count). The van der Waals surface area contributed by atoms with Crippen molar-refractivity contribution in [3.05, 3.63) is 0 Å². The van der Waals surface area contributed by atoms with E-state index in [-0.39, 0.29) is 6.10 Å². The number of aliphatic hydroxyl groups is 1. The lowest BCUT2D eigenvalue weighted by Crippen LogP contribution is -2.43. The number of rotatable bonds is 3. The van der Waals surface area contributed by atoms with Gasteiger partial charge in [-0.3, -0.25) is 0 Å².